The van der Waals surface area contributed by atoms with Crippen LogP contribution in [-0.2, 0) is 10.0 Å². The number of imidazole rings is 1. The van der Waals surface area contributed by atoms with Crippen molar-refractivity contribution in [3.63, 3.8) is 0 Å². The van der Waals surface area contributed by atoms with Gasteiger partial charge in [0.2, 0.25) is 5.95 Å². The Labute approximate surface area is 149 Å². The number of hydrogen-bond acceptors (Lipinski definition) is 9. The van der Waals surface area contributed by atoms with Gasteiger partial charge in [-0.3, -0.25) is 0 Å². The number of anilines is 1. The maximum atomic E-state index is 12.9. The zero-order valence-electron chi connectivity index (χ0n) is 12.7. The maximum absolute atomic E-state index is 12.9. The number of hydrogen-bond donors (Lipinski definition) is 2. The Bertz CT molecular complexity index is 1240. The van der Waals surface area contributed by atoms with Gasteiger partial charge in [-0.15, -0.1) is 11.3 Å². The molecule has 4 aromatic heterocycles. The second-order valence-corrected chi connectivity index (χ2v) is 7.74. The molecule has 0 aliphatic rings. The van der Waals surface area contributed by atoms with Crippen molar-refractivity contribution < 1.29 is 22.7 Å². The lowest BCUT2D eigenvalue weighted by molar-refractivity contribution is 0.0698. The summed E-state index contributed by atoms with van der Waals surface area (Å²) < 4.78 is 32.0. The second-order valence-electron chi connectivity index (χ2n) is 5.04. The van der Waals surface area contributed by atoms with Gasteiger partial charge in [-0.2, -0.15) is 4.98 Å². The molecule has 10 nitrogen and oxygen atoms in total. The minimum absolute atomic E-state index is 0.0774. The highest BCUT2D eigenvalue weighted by atomic mass is 32.2. The van der Waals surface area contributed by atoms with Crippen LogP contribution in [-0.4, -0.2) is 38.4 Å². The van der Waals surface area contributed by atoms with E-state index in [1.165, 1.54) is 17.7 Å². The largest absolute Gasteiger partial charge is 0.477 e. The number of aromatic carboxylic acids is 1. The molecule has 0 saturated carbocycles. The number of thiophene rings is 1. The number of nitrogens with two attached hydrogens (primary N) is 1. The van der Waals surface area contributed by atoms with Crippen LogP contribution in [0.25, 0.3) is 22.6 Å². The van der Waals surface area contributed by atoms with Crippen LogP contribution >= 0.6 is 11.3 Å². The minimum Gasteiger partial charge on any atom is -0.477 e. The fourth-order valence-corrected chi connectivity index (χ4v) is 4.89. The van der Waals surface area contributed by atoms with Gasteiger partial charge in [0.05, 0.1) is 6.26 Å². The van der Waals surface area contributed by atoms with Crippen LogP contribution in [0.15, 0.2) is 45.5 Å². The summed E-state index contributed by atoms with van der Waals surface area (Å²) in [5, 5.41) is 10.6. The molecule has 0 aliphatic carbocycles. The molecule has 4 rings (SSSR count). The lowest BCUT2D eigenvalue weighted by atomic mass is 10.3. The van der Waals surface area contributed by atoms with E-state index in [0.717, 1.165) is 21.6 Å². The number of fused-ring (bicyclic) bond motifs is 1. The third-order valence-corrected chi connectivity index (χ3v) is 6.21. The summed E-state index contributed by atoms with van der Waals surface area (Å²) in [6, 6.07) is 4.47. The monoisotopic (exact) mass is 391 g/mol. The molecule has 0 unspecified atom stereocenters. The molecule has 0 spiro atoms. The highest BCUT2D eigenvalue weighted by Gasteiger charge is 2.29. The fourth-order valence-electron chi connectivity index (χ4n) is 2.42. The van der Waals surface area contributed by atoms with Gasteiger partial charge >= 0.3 is 5.97 Å². The van der Waals surface area contributed by atoms with Crippen LogP contribution in [0.2, 0.25) is 0 Å². The maximum Gasteiger partial charge on any atom is 0.347 e. The molecule has 0 saturated heterocycles. The summed E-state index contributed by atoms with van der Waals surface area (Å²) in [4.78, 5) is 22.7. The normalized spacial score (nSPS) is 11.8. The Morgan fingerprint density at radius 1 is 1.31 bits per heavy atom. The van der Waals surface area contributed by atoms with Crippen molar-refractivity contribution >= 4 is 44.4 Å². The van der Waals surface area contributed by atoms with E-state index in [9.17, 15) is 18.3 Å². The Hall–Kier alpha value is -3.25. The minimum atomic E-state index is -4.25. The number of carbonyl (C=O) groups is 1. The topological polar surface area (TPSA) is 154 Å². The van der Waals surface area contributed by atoms with Gasteiger partial charge in [-0.05, 0) is 23.6 Å². The molecule has 0 bridgehead atoms. The van der Waals surface area contributed by atoms with Crippen molar-refractivity contribution in [1.29, 1.82) is 0 Å². The number of aromatic nitrogens is 4. The molecule has 132 valence electrons. The first kappa shape index (κ1) is 16.2. The molecule has 12 heteroatoms. The first-order valence-corrected chi connectivity index (χ1v) is 9.32. The zero-order chi connectivity index (χ0) is 18.5. The Morgan fingerprint density at radius 2 is 2.12 bits per heavy atom. The van der Waals surface area contributed by atoms with E-state index in [-0.39, 0.29) is 32.6 Å². The van der Waals surface area contributed by atoms with Crippen LogP contribution in [0, 0.1) is 0 Å². The van der Waals surface area contributed by atoms with Gasteiger partial charge < -0.3 is 15.3 Å². The molecule has 0 atom stereocenters. The van der Waals surface area contributed by atoms with Gasteiger partial charge in [-0.1, -0.05) is 0 Å². The summed E-state index contributed by atoms with van der Waals surface area (Å²) in [5.74, 6) is -1.17. The van der Waals surface area contributed by atoms with Crippen molar-refractivity contribution in [3.8, 4) is 11.5 Å². The zero-order valence-corrected chi connectivity index (χ0v) is 14.4. The number of nitrogen functional groups attached to an aromatic ring is 1. The number of carboxylic acid groups (broad SMARTS) is 1. The summed E-state index contributed by atoms with van der Waals surface area (Å²) in [6.07, 6.45) is 2.46. The van der Waals surface area contributed by atoms with E-state index in [4.69, 9.17) is 10.2 Å². The molecule has 4 aromatic rings. The van der Waals surface area contributed by atoms with E-state index in [1.54, 1.807) is 12.1 Å². The second kappa shape index (κ2) is 5.64. The van der Waals surface area contributed by atoms with Gasteiger partial charge in [0.15, 0.2) is 11.4 Å². The SMILES string of the molecule is Nc1nc(-c2ccco2)c2ncn(S(=O)(=O)c3ccsc3C(=O)O)c2n1. The summed E-state index contributed by atoms with van der Waals surface area (Å²) in [6.45, 7) is 0. The standard InChI is InChI=1S/C14H9N5O5S2/c15-14-17-9(7-2-1-4-24-7)10-12(18-14)19(6-16-10)26(22,23)8-3-5-25-11(8)13(20)21/h1-6H,(H,20,21)(H2,15,17,18). The van der Waals surface area contributed by atoms with E-state index < -0.39 is 16.0 Å². The Kier molecular flexibility index (Phi) is 3.52. The first-order valence-electron chi connectivity index (χ1n) is 7.00. The van der Waals surface area contributed by atoms with Gasteiger partial charge in [-0.25, -0.2) is 27.2 Å². The molecule has 4 heterocycles. The molecular weight excluding hydrogens is 382 g/mol. The Balaban J connectivity index is 1.99. The lowest BCUT2D eigenvalue weighted by Gasteiger charge is -2.06. The van der Waals surface area contributed by atoms with E-state index >= 15 is 0 Å². The molecule has 26 heavy (non-hydrogen) atoms. The van der Waals surface area contributed by atoms with Crippen LogP contribution in [0.5, 0.6) is 0 Å². The third kappa shape index (κ3) is 2.34. The number of carboxylic acids is 1. The third-order valence-electron chi connectivity index (χ3n) is 3.50. The predicted octanol–water partition coefficient (Wildman–Crippen LogP) is 1.67. The van der Waals surface area contributed by atoms with Crippen LogP contribution in [0.3, 0.4) is 0 Å². The van der Waals surface area contributed by atoms with Crippen molar-refractivity contribution in [1.82, 2.24) is 18.9 Å². The van der Waals surface area contributed by atoms with Crippen molar-refractivity contribution in [2.24, 2.45) is 0 Å². The molecule has 3 N–H and O–H groups in total. The van der Waals surface area contributed by atoms with Crippen LogP contribution in [0.4, 0.5) is 5.95 Å². The van der Waals surface area contributed by atoms with Crippen LogP contribution in [0.1, 0.15) is 9.67 Å². The molecule has 0 amide bonds. The van der Waals surface area contributed by atoms with Gasteiger partial charge in [0, 0.05) is 0 Å². The summed E-state index contributed by atoms with van der Waals surface area (Å²) in [5.41, 5.74) is 6.02. The number of rotatable bonds is 4. The van der Waals surface area contributed by atoms with Crippen molar-refractivity contribution in [2.75, 3.05) is 5.73 Å². The quantitative estimate of drug-likeness (QED) is 0.528. The summed E-state index contributed by atoms with van der Waals surface area (Å²) >= 11 is 0.807. The van der Waals surface area contributed by atoms with E-state index in [1.807, 2.05) is 0 Å². The van der Waals surface area contributed by atoms with Crippen molar-refractivity contribution in [3.05, 3.63) is 41.0 Å². The average Bonchev–Trinajstić information content (AvgIpc) is 3.33. The number of nitrogens with zero attached hydrogens (tertiary/aromatic N) is 4. The molecule has 0 aromatic carbocycles. The molecular formula is C14H9N5O5S2. The molecule has 0 aliphatic heterocycles. The average molecular weight is 391 g/mol. The smallest absolute Gasteiger partial charge is 0.347 e. The van der Waals surface area contributed by atoms with E-state index in [0.29, 0.717) is 5.76 Å². The lowest BCUT2D eigenvalue weighted by Crippen LogP contribution is -2.15. The predicted molar refractivity (Wildman–Crippen MR) is 91.3 cm³/mol. The van der Waals surface area contributed by atoms with Crippen LogP contribution < -0.4 is 5.73 Å². The molecule has 0 fully saturated rings. The first-order chi connectivity index (χ1) is 12.4. The highest BCUT2D eigenvalue weighted by molar-refractivity contribution is 7.90. The number of furan rings is 1. The van der Waals surface area contributed by atoms with E-state index in [2.05, 4.69) is 15.0 Å². The van der Waals surface area contributed by atoms with Gasteiger partial charge in [0.25, 0.3) is 10.0 Å². The fraction of sp³-hybridized carbons (Fsp3) is 0. The molecule has 0 radical (unpaired) electrons. The van der Waals surface area contributed by atoms with Gasteiger partial charge in [0.1, 0.15) is 27.3 Å². The summed E-state index contributed by atoms with van der Waals surface area (Å²) in [7, 11) is -4.25. The Morgan fingerprint density at radius 3 is 2.81 bits per heavy atom. The van der Waals surface area contributed by atoms with Crippen molar-refractivity contribution in [2.45, 2.75) is 4.90 Å². The highest BCUT2D eigenvalue weighted by Crippen LogP contribution is 2.30.